The number of hydrogen-bond acceptors (Lipinski definition) is 3. The van der Waals surface area contributed by atoms with Crippen molar-refractivity contribution in [3.8, 4) is 0 Å². The Kier molecular flexibility index (Phi) is 3.85. The quantitative estimate of drug-likeness (QED) is 0.874. The van der Waals surface area contributed by atoms with Gasteiger partial charge >= 0.3 is 0 Å². The summed E-state index contributed by atoms with van der Waals surface area (Å²) in [6.07, 6.45) is 1.17. The fourth-order valence-corrected chi connectivity index (χ4v) is 4.10. The van der Waals surface area contributed by atoms with Crippen molar-refractivity contribution in [2.24, 2.45) is 0 Å². The maximum Gasteiger partial charge on any atom is 0.256 e. The first-order valence-corrected chi connectivity index (χ1v) is 8.75. The highest BCUT2D eigenvalue weighted by Crippen LogP contribution is 2.28. The summed E-state index contributed by atoms with van der Waals surface area (Å²) in [6.45, 7) is 7.38. The number of carbonyl (C=O) groups excluding carboxylic acids is 1. The summed E-state index contributed by atoms with van der Waals surface area (Å²) in [5, 5.41) is 1.14. The second-order valence-corrected chi connectivity index (χ2v) is 7.13. The molecule has 0 radical (unpaired) electrons. The van der Waals surface area contributed by atoms with E-state index in [1.807, 2.05) is 17.0 Å². The number of fused-ring (bicyclic) bond motifs is 2. The van der Waals surface area contributed by atoms with Crippen LogP contribution in [0.5, 0.6) is 0 Å². The first kappa shape index (κ1) is 15.7. The molecular formula is C19H25N3O2. The number of aromatic nitrogens is 1. The van der Waals surface area contributed by atoms with Gasteiger partial charge in [0.15, 0.2) is 0 Å². The number of ether oxygens (including phenoxy) is 1. The SMILES string of the molecule is Cc1[nH]c2c(C(=O)N3CCO[C@@H]4CCN(C)C[C@@H]43)cccc2c1C. The van der Waals surface area contributed by atoms with Gasteiger partial charge in [-0.15, -0.1) is 0 Å². The van der Waals surface area contributed by atoms with Gasteiger partial charge in [0.25, 0.3) is 5.91 Å². The fraction of sp³-hybridized carbons (Fsp3) is 0.526. The minimum atomic E-state index is 0.121. The third-order valence-corrected chi connectivity index (χ3v) is 5.62. The summed E-state index contributed by atoms with van der Waals surface area (Å²) >= 11 is 0. The van der Waals surface area contributed by atoms with E-state index in [-0.39, 0.29) is 18.1 Å². The van der Waals surface area contributed by atoms with Crippen LogP contribution in [-0.2, 0) is 4.74 Å². The third kappa shape index (κ3) is 2.43. The van der Waals surface area contributed by atoms with Gasteiger partial charge in [0.1, 0.15) is 0 Å². The van der Waals surface area contributed by atoms with E-state index in [0.29, 0.717) is 13.2 Å². The number of aryl methyl sites for hydroxylation is 2. The summed E-state index contributed by atoms with van der Waals surface area (Å²) in [7, 11) is 2.12. The van der Waals surface area contributed by atoms with Crippen LogP contribution in [0.1, 0.15) is 28.0 Å². The van der Waals surface area contributed by atoms with Gasteiger partial charge in [0.2, 0.25) is 0 Å². The highest BCUT2D eigenvalue weighted by Gasteiger charge is 2.39. The van der Waals surface area contributed by atoms with Gasteiger partial charge in [-0.25, -0.2) is 0 Å². The number of rotatable bonds is 1. The van der Waals surface area contributed by atoms with E-state index in [0.717, 1.165) is 41.7 Å². The van der Waals surface area contributed by atoms with Crippen molar-refractivity contribution in [2.45, 2.75) is 32.4 Å². The number of nitrogens with zero attached hydrogens (tertiary/aromatic N) is 2. The predicted octanol–water partition coefficient (Wildman–Crippen LogP) is 2.33. The molecular weight excluding hydrogens is 302 g/mol. The van der Waals surface area contributed by atoms with Crippen LogP contribution in [0.3, 0.4) is 0 Å². The Hall–Kier alpha value is -1.85. The Labute approximate surface area is 142 Å². The number of nitrogens with one attached hydrogen (secondary N) is 1. The third-order valence-electron chi connectivity index (χ3n) is 5.62. The van der Waals surface area contributed by atoms with Crippen molar-refractivity contribution in [3.05, 3.63) is 35.0 Å². The van der Waals surface area contributed by atoms with Crippen LogP contribution in [0, 0.1) is 13.8 Å². The zero-order chi connectivity index (χ0) is 16.8. The van der Waals surface area contributed by atoms with Gasteiger partial charge in [0, 0.05) is 30.7 Å². The Balaban J connectivity index is 1.71. The summed E-state index contributed by atoms with van der Waals surface area (Å²) in [6, 6.07) is 6.16. The Morgan fingerprint density at radius 2 is 2.12 bits per heavy atom. The van der Waals surface area contributed by atoms with Gasteiger partial charge < -0.3 is 19.5 Å². The van der Waals surface area contributed by atoms with E-state index in [1.54, 1.807) is 0 Å². The van der Waals surface area contributed by atoms with E-state index in [2.05, 4.69) is 36.8 Å². The molecule has 0 saturated carbocycles. The number of likely N-dealkylation sites (tertiary alicyclic amines) is 1. The average Bonchev–Trinajstić information content (AvgIpc) is 2.88. The molecule has 5 heteroatoms. The van der Waals surface area contributed by atoms with Crippen molar-refractivity contribution in [3.63, 3.8) is 0 Å². The summed E-state index contributed by atoms with van der Waals surface area (Å²) in [5.41, 5.74) is 4.08. The second-order valence-electron chi connectivity index (χ2n) is 7.13. The number of piperidine rings is 1. The Morgan fingerprint density at radius 3 is 2.96 bits per heavy atom. The number of amides is 1. The summed E-state index contributed by atoms with van der Waals surface area (Å²) < 4.78 is 5.93. The molecule has 1 aromatic heterocycles. The van der Waals surface area contributed by atoms with E-state index in [1.165, 1.54) is 5.56 Å². The van der Waals surface area contributed by atoms with E-state index >= 15 is 0 Å². The molecule has 5 nitrogen and oxygen atoms in total. The molecule has 2 atom stereocenters. The van der Waals surface area contributed by atoms with E-state index in [4.69, 9.17) is 4.74 Å². The molecule has 0 unspecified atom stereocenters. The highest BCUT2D eigenvalue weighted by molar-refractivity contribution is 6.06. The summed E-state index contributed by atoms with van der Waals surface area (Å²) in [4.78, 5) is 21.1. The topological polar surface area (TPSA) is 48.6 Å². The van der Waals surface area contributed by atoms with Crippen LogP contribution in [-0.4, -0.2) is 66.1 Å². The molecule has 0 spiro atoms. The minimum Gasteiger partial charge on any atom is -0.374 e. The molecule has 4 rings (SSSR count). The van der Waals surface area contributed by atoms with Crippen LogP contribution < -0.4 is 0 Å². The lowest BCUT2D eigenvalue weighted by Gasteiger charge is -2.46. The molecule has 2 saturated heterocycles. The second kappa shape index (κ2) is 5.90. The number of likely N-dealkylation sites (N-methyl/N-ethyl adjacent to an activating group) is 1. The number of hydrogen-bond donors (Lipinski definition) is 1. The monoisotopic (exact) mass is 327 g/mol. The Bertz CT molecular complexity index is 782. The van der Waals surface area contributed by atoms with Crippen molar-refractivity contribution in [1.82, 2.24) is 14.8 Å². The van der Waals surface area contributed by atoms with Crippen LogP contribution in [0.15, 0.2) is 18.2 Å². The van der Waals surface area contributed by atoms with Crippen LogP contribution >= 0.6 is 0 Å². The number of benzene rings is 1. The zero-order valence-corrected chi connectivity index (χ0v) is 14.6. The molecule has 1 aromatic carbocycles. The van der Waals surface area contributed by atoms with Crippen LogP contribution in [0.4, 0.5) is 0 Å². The molecule has 1 N–H and O–H groups in total. The Morgan fingerprint density at radius 1 is 1.29 bits per heavy atom. The first-order valence-electron chi connectivity index (χ1n) is 8.75. The number of carbonyl (C=O) groups is 1. The van der Waals surface area contributed by atoms with Gasteiger partial charge in [-0.2, -0.15) is 0 Å². The van der Waals surface area contributed by atoms with E-state index < -0.39 is 0 Å². The van der Waals surface area contributed by atoms with Gasteiger partial charge in [-0.1, -0.05) is 12.1 Å². The molecule has 128 valence electrons. The lowest BCUT2D eigenvalue weighted by Crippen LogP contribution is -2.60. The molecule has 2 fully saturated rings. The van der Waals surface area contributed by atoms with Gasteiger partial charge in [-0.05, 0) is 38.9 Å². The number of para-hydroxylation sites is 1. The number of H-pyrrole nitrogens is 1. The molecule has 0 aliphatic carbocycles. The molecule has 2 aromatic rings. The molecule has 2 aliphatic rings. The normalized spacial score (nSPS) is 25.0. The van der Waals surface area contributed by atoms with Crippen molar-refractivity contribution in [2.75, 3.05) is 33.3 Å². The minimum absolute atomic E-state index is 0.121. The lowest BCUT2D eigenvalue weighted by atomic mass is 9.97. The average molecular weight is 327 g/mol. The first-order chi connectivity index (χ1) is 11.6. The maximum absolute atomic E-state index is 13.3. The van der Waals surface area contributed by atoms with Crippen molar-refractivity contribution in [1.29, 1.82) is 0 Å². The molecule has 1 amide bonds. The summed E-state index contributed by atoms with van der Waals surface area (Å²) in [5.74, 6) is 0.121. The van der Waals surface area contributed by atoms with Crippen molar-refractivity contribution < 1.29 is 9.53 Å². The van der Waals surface area contributed by atoms with Crippen molar-refractivity contribution >= 4 is 16.8 Å². The van der Waals surface area contributed by atoms with Gasteiger partial charge in [0.05, 0.1) is 29.8 Å². The maximum atomic E-state index is 13.3. The highest BCUT2D eigenvalue weighted by atomic mass is 16.5. The van der Waals surface area contributed by atoms with Crippen LogP contribution in [0.25, 0.3) is 10.9 Å². The van der Waals surface area contributed by atoms with E-state index in [9.17, 15) is 4.79 Å². The fourth-order valence-electron chi connectivity index (χ4n) is 4.10. The standard InChI is InChI=1S/C19H25N3O2/c1-12-13(2)20-18-14(12)5-4-6-15(18)19(23)22-9-10-24-17-7-8-21(3)11-16(17)22/h4-6,16-17,20H,7-11H2,1-3H3/t16-,17+/m0/s1. The number of morpholine rings is 1. The van der Waals surface area contributed by atoms with Gasteiger partial charge in [-0.3, -0.25) is 4.79 Å². The van der Waals surface area contributed by atoms with Crippen LogP contribution in [0.2, 0.25) is 0 Å². The predicted molar refractivity (Wildman–Crippen MR) is 94.5 cm³/mol. The zero-order valence-electron chi connectivity index (χ0n) is 14.6. The number of aromatic amines is 1. The molecule has 24 heavy (non-hydrogen) atoms. The molecule has 3 heterocycles. The lowest BCUT2D eigenvalue weighted by molar-refractivity contribution is -0.0869. The molecule has 2 aliphatic heterocycles. The molecule has 0 bridgehead atoms. The largest absolute Gasteiger partial charge is 0.374 e. The smallest absolute Gasteiger partial charge is 0.256 e.